The second-order valence-electron chi connectivity index (χ2n) is 5.12. The number of aliphatic carboxylic acids is 3. The molecule has 0 aliphatic rings. The number of carbonyl (C=O) groups excluding carboxylic acids is 3. The molecule has 0 rings (SSSR count). The van der Waals surface area contributed by atoms with E-state index < -0.39 is 36.0 Å². The molecule has 0 amide bonds. The van der Waals surface area contributed by atoms with Crippen LogP contribution in [-0.2, 0) is 31.7 Å². The molecule has 0 aliphatic carbocycles. The predicted molar refractivity (Wildman–Crippen MR) is 108 cm³/mol. The van der Waals surface area contributed by atoms with Gasteiger partial charge in [0, 0.05) is 18.1 Å². The molecule has 0 saturated carbocycles. The minimum atomic E-state index is -1.16. The first-order valence-corrected chi connectivity index (χ1v) is 12.1. The van der Waals surface area contributed by atoms with E-state index >= 15 is 0 Å². The number of carbonyl (C=O) groups is 3. The van der Waals surface area contributed by atoms with Gasteiger partial charge in [0.2, 0.25) is 0 Å². The monoisotopic (exact) mass is 496 g/mol. The number of carboxylic acids is 3. The van der Waals surface area contributed by atoms with Crippen LogP contribution in [0.1, 0.15) is 19.3 Å². The zero-order valence-electron chi connectivity index (χ0n) is 16.3. The van der Waals surface area contributed by atoms with Gasteiger partial charge in [0.05, 0.1) is 17.9 Å². The Morgan fingerprint density at radius 3 is 0.929 bits per heavy atom. The fourth-order valence-electron chi connectivity index (χ4n) is 1.09. The van der Waals surface area contributed by atoms with Crippen molar-refractivity contribution in [3.05, 3.63) is 0 Å². The van der Waals surface area contributed by atoms with Crippen LogP contribution in [0, 0.1) is 0 Å². The average molecular weight is 497 g/mol. The first kappa shape index (κ1) is 35.3. The molecule has 165 valence electrons. The molecule has 0 fully saturated rings. The molecule has 1 radical (unpaired) electrons. The summed E-state index contributed by atoms with van der Waals surface area (Å²) in [4.78, 5) is 29.9. The molecule has 0 aliphatic heterocycles. The van der Waals surface area contributed by atoms with Gasteiger partial charge < -0.3 is 46.9 Å². The average Bonchev–Trinajstić information content (AvgIpc) is 2.62. The molecule has 6 N–H and O–H groups in total. The molecule has 0 saturated heterocycles. The van der Waals surface area contributed by atoms with E-state index in [1.165, 1.54) is 0 Å². The Morgan fingerprint density at radius 2 is 0.821 bits per heavy atom. The van der Waals surface area contributed by atoms with Crippen molar-refractivity contribution < 1.29 is 47.1 Å². The van der Waals surface area contributed by atoms with Crippen molar-refractivity contribution in [1.29, 1.82) is 0 Å². The van der Waals surface area contributed by atoms with Crippen LogP contribution in [-0.4, -0.2) is 72.1 Å². The summed E-state index contributed by atoms with van der Waals surface area (Å²) in [5, 5.41) is 29.9. The zero-order valence-corrected chi connectivity index (χ0v) is 20.0. The largest absolute Gasteiger partial charge is 3.00 e. The molecule has 0 aromatic carbocycles. The van der Waals surface area contributed by atoms with Gasteiger partial charge >= 0.3 is 17.4 Å². The normalized spacial score (nSPS) is 12.6. The van der Waals surface area contributed by atoms with Gasteiger partial charge in [0.25, 0.3) is 0 Å². The topological polar surface area (TPSA) is 198 Å². The van der Waals surface area contributed by atoms with Crippen LogP contribution in [0.3, 0.4) is 0 Å². The summed E-state index contributed by atoms with van der Waals surface area (Å²) in [6, 6.07) is -2.38. The van der Waals surface area contributed by atoms with Crippen molar-refractivity contribution in [3.8, 4) is 0 Å². The molecular weight excluding hydrogens is 466 g/mol. The summed E-state index contributed by atoms with van der Waals surface area (Å²) in [6.45, 7) is 0. The molecule has 0 bridgehead atoms. The van der Waals surface area contributed by atoms with Gasteiger partial charge in [-0.3, -0.25) is 0 Å². The minimum absolute atomic E-state index is 0. The predicted octanol–water partition coefficient (Wildman–Crippen LogP) is -3.55. The van der Waals surface area contributed by atoms with E-state index in [4.69, 9.17) is 17.2 Å². The number of nitrogens with two attached hydrogens (primary N) is 3. The smallest absolute Gasteiger partial charge is 0.548 e. The van der Waals surface area contributed by atoms with E-state index in [2.05, 4.69) is 0 Å². The van der Waals surface area contributed by atoms with E-state index in [9.17, 15) is 29.7 Å². The van der Waals surface area contributed by atoms with Crippen LogP contribution in [0.25, 0.3) is 0 Å². The molecule has 3 unspecified atom stereocenters. The molecule has 9 nitrogen and oxygen atoms in total. The van der Waals surface area contributed by atoms with Crippen LogP contribution >= 0.6 is 35.3 Å². The number of hydrogen-bond acceptors (Lipinski definition) is 12. The summed E-state index contributed by atoms with van der Waals surface area (Å²) < 4.78 is 0. The summed E-state index contributed by atoms with van der Waals surface area (Å²) in [5.74, 6) is -1.17. The van der Waals surface area contributed by atoms with Gasteiger partial charge in [-0.25, -0.2) is 0 Å². The van der Waals surface area contributed by atoms with E-state index in [0.717, 1.165) is 17.3 Å². The minimum Gasteiger partial charge on any atom is -0.548 e. The maximum atomic E-state index is 9.96. The van der Waals surface area contributed by atoms with E-state index in [0.29, 0.717) is 19.3 Å². The molecular formula is C15H30CrN3O6S3. The molecule has 13 heteroatoms. The Morgan fingerprint density at radius 1 is 0.643 bits per heavy atom. The maximum absolute atomic E-state index is 9.96. The van der Waals surface area contributed by atoms with Crippen LogP contribution in [0.5, 0.6) is 0 Å². The zero-order chi connectivity index (χ0) is 21.8. The van der Waals surface area contributed by atoms with Crippen molar-refractivity contribution in [2.75, 3.05) is 36.0 Å². The van der Waals surface area contributed by atoms with E-state index in [1.54, 1.807) is 35.3 Å². The quantitative estimate of drug-likeness (QED) is 0.241. The first-order chi connectivity index (χ1) is 12.5. The Kier molecular flexibility index (Phi) is 31.4. The summed E-state index contributed by atoms with van der Waals surface area (Å²) >= 11 is 4.73. The van der Waals surface area contributed by atoms with Gasteiger partial charge in [0.1, 0.15) is 0 Å². The van der Waals surface area contributed by atoms with Gasteiger partial charge in [-0.1, -0.05) is 0 Å². The Balaban J connectivity index is -0.000000152. The molecule has 28 heavy (non-hydrogen) atoms. The molecule has 0 spiro atoms. The fourth-order valence-corrected chi connectivity index (χ4v) is 2.56. The van der Waals surface area contributed by atoms with Gasteiger partial charge in [-0.05, 0) is 55.3 Å². The third-order valence-corrected chi connectivity index (χ3v) is 4.74. The molecule has 3 atom stereocenters. The second kappa shape index (κ2) is 24.9. The number of carboxylic acid groups (broad SMARTS) is 3. The van der Waals surface area contributed by atoms with Crippen molar-refractivity contribution in [2.45, 2.75) is 37.4 Å². The van der Waals surface area contributed by atoms with Crippen molar-refractivity contribution >= 4 is 53.2 Å². The van der Waals surface area contributed by atoms with Gasteiger partial charge in [0.15, 0.2) is 0 Å². The number of hydrogen-bond donors (Lipinski definition) is 3. The van der Waals surface area contributed by atoms with Crippen LogP contribution in [0.4, 0.5) is 0 Å². The van der Waals surface area contributed by atoms with Gasteiger partial charge in [-0.2, -0.15) is 35.3 Å². The third kappa shape index (κ3) is 28.1. The van der Waals surface area contributed by atoms with Crippen LogP contribution in [0.2, 0.25) is 0 Å². The Bertz CT molecular complexity index is 354. The molecule has 0 heterocycles. The summed E-state index contributed by atoms with van der Waals surface area (Å²) in [7, 11) is 0. The van der Waals surface area contributed by atoms with Crippen molar-refractivity contribution in [1.82, 2.24) is 0 Å². The standard InChI is InChI=1S/3C5H11NO2S.Cr/c3*1-9-3-2-4(6)5(7)8;/h3*4H,2-3,6H2,1H3,(H,7,8);/q;;;+3/p-3. The fraction of sp³-hybridized carbons (Fsp3) is 0.800. The number of thioether (sulfide) groups is 3. The van der Waals surface area contributed by atoms with E-state index in [-0.39, 0.29) is 17.4 Å². The van der Waals surface area contributed by atoms with Crippen LogP contribution in [0.15, 0.2) is 0 Å². The second-order valence-corrected chi connectivity index (χ2v) is 8.08. The van der Waals surface area contributed by atoms with Crippen molar-refractivity contribution in [3.63, 3.8) is 0 Å². The third-order valence-electron chi connectivity index (χ3n) is 2.81. The number of rotatable bonds is 12. The Labute approximate surface area is 190 Å². The SMILES string of the molecule is CSCCC(N)C(=O)[O-].CSCCC(N)C(=O)[O-].CSCCC(N)C(=O)[O-].[Cr+3]. The summed E-state index contributed by atoms with van der Waals surface area (Å²) in [6.07, 6.45) is 7.18. The Hall–Kier alpha value is -0.128. The molecule has 0 aromatic heterocycles. The van der Waals surface area contributed by atoms with Gasteiger partial charge in [-0.15, -0.1) is 0 Å². The maximum Gasteiger partial charge on any atom is 3.00 e. The van der Waals surface area contributed by atoms with Crippen LogP contribution < -0.4 is 32.5 Å². The summed E-state index contributed by atoms with van der Waals surface area (Å²) in [5.41, 5.74) is 15.4. The van der Waals surface area contributed by atoms with E-state index in [1.807, 2.05) is 18.8 Å². The molecule has 0 aromatic rings. The van der Waals surface area contributed by atoms with Crippen molar-refractivity contribution in [2.24, 2.45) is 17.2 Å². The first-order valence-electron chi connectivity index (χ1n) is 7.91.